The molecule has 0 fully saturated rings. The van der Waals surface area contributed by atoms with Gasteiger partial charge < -0.3 is 24.3 Å². The molecule has 2 rings (SSSR count). The second-order valence-electron chi connectivity index (χ2n) is 5.45. The maximum absolute atomic E-state index is 12.4. The van der Waals surface area contributed by atoms with Crippen LogP contribution in [0.25, 0.3) is 0 Å². The SMILES string of the molecule is COc1cc(C(=O)NCCCOc2ccc(Cl)cc2Cl)cc(OC)c1OC. The predicted octanol–water partition coefficient (Wildman–Crippen LogP) is 4.22. The van der Waals surface area contributed by atoms with Crippen molar-refractivity contribution in [2.45, 2.75) is 6.42 Å². The van der Waals surface area contributed by atoms with Gasteiger partial charge in [-0.3, -0.25) is 4.79 Å². The fraction of sp³-hybridized carbons (Fsp3) is 0.316. The zero-order chi connectivity index (χ0) is 19.8. The van der Waals surface area contributed by atoms with E-state index in [1.807, 2.05) is 0 Å². The number of amides is 1. The van der Waals surface area contributed by atoms with E-state index in [-0.39, 0.29) is 5.91 Å². The van der Waals surface area contributed by atoms with Gasteiger partial charge in [-0.05, 0) is 36.8 Å². The molecule has 0 aliphatic rings. The third-order valence-corrected chi connectivity index (χ3v) is 4.22. The number of carbonyl (C=O) groups excluding carboxylic acids is 1. The summed E-state index contributed by atoms with van der Waals surface area (Å²) >= 11 is 11.9. The Morgan fingerprint density at radius 3 is 2.19 bits per heavy atom. The zero-order valence-corrected chi connectivity index (χ0v) is 16.8. The number of hydrogen-bond acceptors (Lipinski definition) is 5. The summed E-state index contributed by atoms with van der Waals surface area (Å²) in [5, 5.41) is 3.82. The summed E-state index contributed by atoms with van der Waals surface area (Å²) in [5.74, 6) is 1.58. The van der Waals surface area contributed by atoms with Gasteiger partial charge in [0, 0.05) is 17.1 Å². The lowest BCUT2D eigenvalue weighted by molar-refractivity contribution is 0.0950. The first kappa shape index (κ1) is 21.0. The highest BCUT2D eigenvalue weighted by Gasteiger charge is 2.16. The maximum atomic E-state index is 12.4. The topological polar surface area (TPSA) is 66.0 Å². The number of hydrogen-bond donors (Lipinski definition) is 1. The predicted molar refractivity (Wildman–Crippen MR) is 105 cm³/mol. The molecule has 0 unspecified atom stereocenters. The van der Waals surface area contributed by atoms with Crippen molar-refractivity contribution in [2.75, 3.05) is 34.5 Å². The standard InChI is InChI=1S/C19H21Cl2NO5/c1-24-16-9-12(10-17(25-2)18(16)26-3)19(23)22-7-4-8-27-15-6-5-13(20)11-14(15)21/h5-6,9-11H,4,7-8H2,1-3H3,(H,22,23). The van der Waals surface area contributed by atoms with Crippen molar-refractivity contribution in [1.29, 1.82) is 0 Å². The minimum Gasteiger partial charge on any atom is -0.493 e. The van der Waals surface area contributed by atoms with Gasteiger partial charge in [-0.25, -0.2) is 0 Å². The minimum absolute atomic E-state index is 0.251. The second kappa shape index (κ2) is 10.1. The van der Waals surface area contributed by atoms with Crippen LogP contribution in [-0.4, -0.2) is 40.4 Å². The maximum Gasteiger partial charge on any atom is 0.251 e. The van der Waals surface area contributed by atoms with E-state index in [4.69, 9.17) is 42.1 Å². The summed E-state index contributed by atoms with van der Waals surface area (Å²) in [5.41, 5.74) is 0.408. The molecule has 0 aromatic heterocycles. The van der Waals surface area contributed by atoms with Crippen LogP contribution in [0.3, 0.4) is 0 Å². The third kappa shape index (κ3) is 5.58. The highest BCUT2D eigenvalue weighted by atomic mass is 35.5. The number of benzene rings is 2. The summed E-state index contributed by atoms with van der Waals surface area (Å²) in [6.45, 7) is 0.831. The third-order valence-electron chi connectivity index (χ3n) is 3.69. The van der Waals surface area contributed by atoms with Crippen molar-refractivity contribution in [3.05, 3.63) is 45.9 Å². The van der Waals surface area contributed by atoms with Gasteiger partial charge in [0.25, 0.3) is 5.91 Å². The monoisotopic (exact) mass is 413 g/mol. The molecule has 2 aromatic carbocycles. The summed E-state index contributed by atoms with van der Waals surface area (Å²) < 4.78 is 21.3. The Morgan fingerprint density at radius 1 is 0.963 bits per heavy atom. The van der Waals surface area contributed by atoms with Crippen molar-refractivity contribution in [2.24, 2.45) is 0 Å². The minimum atomic E-state index is -0.251. The van der Waals surface area contributed by atoms with E-state index in [1.165, 1.54) is 21.3 Å². The van der Waals surface area contributed by atoms with Gasteiger partial charge >= 0.3 is 0 Å². The molecule has 0 aliphatic heterocycles. The van der Waals surface area contributed by atoms with Crippen molar-refractivity contribution in [3.8, 4) is 23.0 Å². The van der Waals surface area contributed by atoms with Crippen molar-refractivity contribution in [1.82, 2.24) is 5.32 Å². The molecule has 0 radical (unpaired) electrons. The molecule has 0 heterocycles. The lowest BCUT2D eigenvalue weighted by Gasteiger charge is -2.14. The largest absolute Gasteiger partial charge is 0.493 e. The number of ether oxygens (including phenoxy) is 4. The van der Waals surface area contributed by atoms with Crippen molar-refractivity contribution >= 4 is 29.1 Å². The van der Waals surface area contributed by atoms with Gasteiger partial charge in [0.15, 0.2) is 11.5 Å². The molecule has 27 heavy (non-hydrogen) atoms. The number of methoxy groups -OCH3 is 3. The lowest BCUT2D eigenvalue weighted by Crippen LogP contribution is -2.25. The molecule has 0 saturated carbocycles. The van der Waals surface area contributed by atoms with Gasteiger partial charge in [0.1, 0.15) is 5.75 Å². The Morgan fingerprint density at radius 2 is 1.63 bits per heavy atom. The Balaban J connectivity index is 1.88. The van der Waals surface area contributed by atoms with E-state index >= 15 is 0 Å². The molecule has 0 spiro atoms. The van der Waals surface area contributed by atoms with Crippen LogP contribution in [0, 0.1) is 0 Å². The number of halogens is 2. The van der Waals surface area contributed by atoms with Gasteiger partial charge in [-0.1, -0.05) is 23.2 Å². The van der Waals surface area contributed by atoms with Crippen molar-refractivity contribution < 1.29 is 23.7 Å². The smallest absolute Gasteiger partial charge is 0.251 e. The molecular weight excluding hydrogens is 393 g/mol. The normalized spacial score (nSPS) is 10.3. The highest BCUT2D eigenvalue weighted by Crippen LogP contribution is 2.38. The van der Waals surface area contributed by atoms with Crippen LogP contribution in [0.1, 0.15) is 16.8 Å². The molecule has 0 bridgehead atoms. The molecule has 0 atom stereocenters. The Hall–Kier alpha value is -2.31. The fourth-order valence-electron chi connectivity index (χ4n) is 2.36. The first-order valence-corrected chi connectivity index (χ1v) is 8.91. The zero-order valence-electron chi connectivity index (χ0n) is 15.3. The molecule has 2 aromatic rings. The van der Waals surface area contributed by atoms with Crippen LogP contribution in [0.5, 0.6) is 23.0 Å². The average Bonchev–Trinajstić information content (AvgIpc) is 2.67. The van der Waals surface area contributed by atoms with E-state index in [1.54, 1.807) is 30.3 Å². The van der Waals surface area contributed by atoms with E-state index in [9.17, 15) is 4.79 Å². The van der Waals surface area contributed by atoms with Crippen molar-refractivity contribution in [3.63, 3.8) is 0 Å². The Bertz CT molecular complexity index is 773. The van der Waals surface area contributed by atoms with E-state index in [0.717, 1.165) is 0 Å². The number of rotatable bonds is 9. The van der Waals surface area contributed by atoms with Crippen LogP contribution < -0.4 is 24.3 Å². The van der Waals surface area contributed by atoms with Gasteiger partial charge in [-0.2, -0.15) is 0 Å². The van der Waals surface area contributed by atoms with Crippen LogP contribution in [0.15, 0.2) is 30.3 Å². The molecule has 146 valence electrons. The van der Waals surface area contributed by atoms with E-state index < -0.39 is 0 Å². The molecule has 8 heteroatoms. The van der Waals surface area contributed by atoms with Gasteiger partial charge in [0.05, 0.1) is 33.0 Å². The summed E-state index contributed by atoms with van der Waals surface area (Å²) in [6.07, 6.45) is 0.606. The Labute approximate surface area is 168 Å². The molecular formula is C19H21Cl2NO5. The molecule has 6 nitrogen and oxygen atoms in total. The quantitative estimate of drug-likeness (QED) is 0.623. The van der Waals surface area contributed by atoms with E-state index in [2.05, 4.69) is 5.32 Å². The summed E-state index contributed by atoms with van der Waals surface area (Å²) in [7, 11) is 4.50. The second-order valence-corrected chi connectivity index (χ2v) is 6.29. The first-order chi connectivity index (χ1) is 13.0. The Kier molecular flexibility index (Phi) is 7.88. The van der Waals surface area contributed by atoms with Crippen LogP contribution in [0.4, 0.5) is 0 Å². The summed E-state index contributed by atoms with van der Waals surface area (Å²) in [6, 6.07) is 8.22. The summed E-state index contributed by atoms with van der Waals surface area (Å²) in [4.78, 5) is 12.4. The number of nitrogens with one attached hydrogen (secondary N) is 1. The van der Waals surface area contributed by atoms with Gasteiger partial charge in [-0.15, -0.1) is 0 Å². The van der Waals surface area contributed by atoms with Crippen LogP contribution in [-0.2, 0) is 0 Å². The number of carbonyl (C=O) groups is 1. The lowest BCUT2D eigenvalue weighted by atomic mass is 10.1. The molecule has 0 aliphatic carbocycles. The molecule has 1 N–H and O–H groups in total. The highest BCUT2D eigenvalue weighted by molar-refractivity contribution is 6.35. The first-order valence-electron chi connectivity index (χ1n) is 8.16. The molecule has 0 saturated heterocycles. The van der Waals surface area contributed by atoms with Crippen LogP contribution >= 0.6 is 23.2 Å². The van der Waals surface area contributed by atoms with Gasteiger partial charge in [0.2, 0.25) is 5.75 Å². The molecule has 1 amide bonds. The average molecular weight is 414 g/mol. The fourth-order valence-corrected chi connectivity index (χ4v) is 2.83. The van der Waals surface area contributed by atoms with E-state index in [0.29, 0.717) is 58.2 Å². The van der Waals surface area contributed by atoms with Crippen LogP contribution in [0.2, 0.25) is 10.0 Å².